The van der Waals surface area contributed by atoms with E-state index < -0.39 is 9.84 Å². The molecule has 2 rings (SSSR count). The number of sulfone groups is 1. The summed E-state index contributed by atoms with van der Waals surface area (Å²) in [5, 5.41) is 0. The van der Waals surface area contributed by atoms with Gasteiger partial charge in [0.25, 0.3) is 0 Å². The van der Waals surface area contributed by atoms with E-state index in [-0.39, 0.29) is 30.0 Å². The van der Waals surface area contributed by atoms with Gasteiger partial charge in [-0.25, -0.2) is 8.42 Å². The molecule has 1 aromatic carbocycles. The lowest BCUT2D eigenvalue weighted by Crippen LogP contribution is -2.36. The van der Waals surface area contributed by atoms with Crippen molar-refractivity contribution in [2.24, 2.45) is 0 Å². The first-order valence-corrected chi connectivity index (χ1v) is 9.51. The highest BCUT2D eigenvalue weighted by molar-refractivity contribution is 7.90. The van der Waals surface area contributed by atoms with Crippen molar-refractivity contribution >= 4 is 15.7 Å². The molecule has 0 spiro atoms. The molecule has 22 heavy (non-hydrogen) atoms. The van der Waals surface area contributed by atoms with Crippen molar-refractivity contribution in [2.45, 2.75) is 18.4 Å². The van der Waals surface area contributed by atoms with Crippen LogP contribution < -0.4 is 0 Å². The molecule has 1 aliphatic heterocycles. The second-order valence-corrected chi connectivity index (χ2v) is 8.49. The largest absolute Gasteiger partial charge is 0.340 e. The molecule has 0 unspecified atom stereocenters. The maximum absolute atomic E-state index is 12.3. The van der Waals surface area contributed by atoms with E-state index in [1.165, 1.54) is 11.8 Å². The third-order valence-corrected chi connectivity index (χ3v) is 5.17. The Balaban J connectivity index is 2.09. The molecule has 1 heterocycles. The van der Waals surface area contributed by atoms with Crippen LogP contribution in [0.2, 0.25) is 0 Å². The summed E-state index contributed by atoms with van der Waals surface area (Å²) in [4.78, 5) is 16.2. The highest BCUT2D eigenvalue weighted by Gasteiger charge is 2.37. The summed E-state index contributed by atoms with van der Waals surface area (Å²) >= 11 is 0. The van der Waals surface area contributed by atoms with Crippen LogP contribution in [0.4, 0.5) is 0 Å². The molecule has 1 aromatic rings. The van der Waals surface area contributed by atoms with E-state index in [1.54, 1.807) is 4.90 Å². The van der Waals surface area contributed by atoms with Gasteiger partial charge in [0.15, 0.2) is 0 Å². The number of likely N-dealkylation sites (N-methyl/N-ethyl adjacent to an activating group) is 1. The highest BCUT2D eigenvalue weighted by atomic mass is 32.2. The molecule has 5 nitrogen and oxygen atoms in total. The Labute approximate surface area is 132 Å². The van der Waals surface area contributed by atoms with E-state index >= 15 is 0 Å². The number of amides is 1. The summed E-state index contributed by atoms with van der Waals surface area (Å²) in [6, 6.07) is 10.4. The summed E-state index contributed by atoms with van der Waals surface area (Å²) in [5.74, 6) is 0.111. The van der Waals surface area contributed by atoms with Gasteiger partial charge in [0, 0.05) is 37.7 Å². The molecule has 0 N–H and O–H groups in total. The fourth-order valence-electron chi connectivity index (χ4n) is 2.97. The number of hydrogen-bond donors (Lipinski definition) is 0. The van der Waals surface area contributed by atoms with Gasteiger partial charge in [-0.1, -0.05) is 30.3 Å². The van der Waals surface area contributed by atoms with Gasteiger partial charge in [-0.05, 0) is 19.7 Å². The van der Waals surface area contributed by atoms with E-state index in [0.717, 1.165) is 0 Å². The number of carbonyl (C=O) groups is 1. The van der Waals surface area contributed by atoms with E-state index in [0.29, 0.717) is 13.1 Å². The Hall–Kier alpha value is -1.40. The van der Waals surface area contributed by atoms with Gasteiger partial charge in [0.05, 0.1) is 5.75 Å². The fraction of sp³-hybridized carbons (Fsp3) is 0.562. The normalized spacial score (nSPS) is 22.3. The number of rotatable bonds is 5. The van der Waals surface area contributed by atoms with Crippen LogP contribution in [0, 0.1) is 0 Å². The lowest BCUT2D eigenvalue weighted by Gasteiger charge is -2.25. The van der Waals surface area contributed by atoms with Crippen LogP contribution >= 0.6 is 0 Å². The van der Waals surface area contributed by atoms with Crippen molar-refractivity contribution in [2.75, 3.05) is 39.2 Å². The van der Waals surface area contributed by atoms with E-state index in [9.17, 15) is 13.2 Å². The Kier molecular flexibility index (Phi) is 5.24. The maximum atomic E-state index is 12.3. The van der Waals surface area contributed by atoms with Crippen molar-refractivity contribution in [3.05, 3.63) is 35.9 Å². The molecule has 0 saturated carbocycles. The number of nitrogens with zero attached hydrogens (tertiary/aromatic N) is 2. The molecule has 1 saturated heterocycles. The monoisotopic (exact) mass is 324 g/mol. The Bertz CT molecular complexity index is 614. The first kappa shape index (κ1) is 17.0. The van der Waals surface area contributed by atoms with Crippen LogP contribution in [0.15, 0.2) is 30.3 Å². The number of hydrogen-bond acceptors (Lipinski definition) is 4. The quantitative estimate of drug-likeness (QED) is 0.810. The minimum atomic E-state index is -3.10. The predicted molar refractivity (Wildman–Crippen MR) is 87.6 cm³/mol. The molecule has 2 atom stereocenters. The Morgan fingerprint density at radius 2 is 1.86 bits per heavy atom. The smallest absolute Gasteiger partial charge is 0.223 e. The van der Waals surface area contributed by atoms with E-state index in [1.807, 2.05) is 32.3 Å². The SMILES string of the molecule is CN(C)[C@@H]1CN(C(=O)CCS(C)(=O)=O)C[C@H]1c1ccccc1. The second-order valence-electron chi connectivity index (χ2n) is 6.23. The lowest BCUT2D eigenvalue weighted by atomic mass is 9.94. The van der Waals surface area contributed by atoms with Crippen LogP contribution in [0.25, 0.3) is 0 Å². The van der Waals surface area contributed by atoms with E-state index in [2.05, 4.69) is 17.0 Å². The molecule has 1 aliphatic rings. The lowest BCUT2D eigenvalue weighted by molar-refractivity contribution is -0.129. The first-order valence-electron chi connectivity index (χ1n) is 7.45. The van der Waals surface area contributed by atoms with E-state index in [4.69, 9.17) is 0 Å². The van der Waals surface area contributed by atoms with Gasteiger partial charge >= 0.3 is 0 Å². The predicted octanol–water partition coefficient (Wildman–Crippen LogP) is 0.977. The molecule has 1 amide bonds. The molecular formula is C16H24N2O3S. The number of carbonyl (C=O) groups excluding carboxylic acids is 1. The summed E-state index contributed by atoms with van der Waals surface area (Å²) < 4.78 is 22.5. The highest BCUT2D eigenvalue weighted by Crippen LogP contribution is 2.30. The standard InChI is InChI=1S/C16H24N2O3S/c1-17(2)15-12-18(16(19)9-10-22(3,20)21)11-14(15)13-7-5-4-6-8-13/h4-8,14-15H,9-12H2,1-3H3/t14-,15+/m0/s1. The fourth-order valence-corrected chi connectivity index (χ4v) is 3.52. The zero-order valence-corrected chi connectivity index (χ0v) is 14.2. The van der Waals surface area contributed by atoms with Crippen molar-refractivity contribution in [1.29, 1.82) is 0 Å². The van der Waals surface area contributed by atoms with Crippen LogP contribution in [-0.4, -0.2) is 69.4 Å². The van der Waals surface area contributed by atoms with Crippen molar-refractivity contribution < 1.29 is 13.2 Å². The third kappa shape index (κ3) is 4.30. The Morgan fingerprint density at radius 1 is 1.23 bits per heavy atom. The summed E-state index contributed by atoms with van der Waals surface area (Å²) in [5.41, 5.74) is 1.22. The van der Waals surface area contributed by atoms with Gasteiger partial charge in [0.1, 0.15) is 9.84 Å². The molecule has 0 bridgehead atoms. The second kappa shape index (κ2) is 6.79. The van der Waals surface area contributed by atoms with Gasteiger partial charge in [-0.15, -0.1) is 0 Å². The topological polar surface area (TPSA) is 57.7 Å². The molecule has 0 radical (unpaired) electrons. The molecular weight excluding hydrogens is 300 g/mol. The van der Waals surface area contributed by atoms with Crippen LogP contribution in [0.5, 0.6) is 0 Å². The zero-order valence-electron chi connectivity index (χ0n) is 13.4. The average molecular weight is 324 g/mol. The minimum absolute atomic E-state index is 0.0699. The number of benzene rings is 1. The van der Waals surface area contributed by atoms with Crippen LogP contribution in [-0.2, 0) is 14.6 Å². The summed E-state index contributed by atoms with van der Waals surface area (Å²) in [7, 11) is 0.936. The van der Waals surface area contributed by atoms with Gasteiger partial charge < -0.3 is 9.80 Å². The van der Waals surface area contributed by atoms with Crippen LogP contribution in [0.1, 0.15) is 17.9 Å². The molecule has 122 valence electrons. The van der Waals surface area contributed by atoms with Crippen molar-refractivity contribution in [3.8, 4) is 0 Å². The zero-order chi connectivity index (χ0) is 16.3. The van der Waals surface area contributed by atoms with Gasteiger partial charge in [-0.3, -0.25) is 4.79 Å². The Morgan fingerprint density at radius 3 is 2.41 bits per heavy atom. The number of likely N-dealkylation sites (tertiary alicyclic amines) is 1. The molecule has 6 heteroatoms. The summed E-state index contributed by atoms with van der Waals surface area (Å²) in [6.45, 7) is 1.30. The third-order valence-electron chi connectivity index (χ3n) is 4.22. The molecule has 0 aliphatic carbocycles. The van der Waals surface area contributed by atoms with Gasteiger partial charge in [-0.2, -0.15) is 0 Å². The average Bonchev–Trinajstić information content (AvgIpc) is 2.90. The molecule has 0 aromatic heterocycles. The minimum Gasteiger partial charge on any atom is -0.340 e. The van der Waals surface area contributed by atoms with Crippen molar-refractivity contribution in [1.82, 2.24) is 9.80 Å². The molecule has 1 fully saturated rings. The maximum Gasteiger partial charge on any atom is 0.223 e. The summed E-state index contributed by atoms with van der Waals surface area (Å²) in [6.07, 6.45) is 1.24. The van der Waals surface area contributed by atoms with Crippen LogP contribution in [0.3, 0.4) is 0 Å². The van der Waals surface area contributed by atoms with Gasteiger partial charge in [0.2, 0.25) is 5.91 Å². The first-order chi connectivity index (χ1) is 10.3. The van der Waals surface area contributed by atoms with Crippen molar-refractivity contribution in [3.63, 3.8) is 0 Å².